The normalized spacial score (nSPS) is 12.0. The first-order chi connectivity index (χ1) is 34.7. The molecule has 3 heterocycles. The van der Waals surface area contributed by atoms with Gasteiger partial charge >= 0.3 is 0 Å². The van der Waals surface area contributed by atoms with E-state index in [2.05, 4.69) is 228 Å². The molecular weight excluding hydrogens is 851 g/mol. The molecule has 0 aliphatic heterocycles. The molecular formula is C65H39N5. The van der Waals surface area contributed by atoms with Gasteiger partial charge in [-0.05, 0) is 90.9 Å². The lowest BCUT2D eigenvalue weighted by Crippen LogP contribution is -2.04. The molecule has 3 aromatic heterocycles. The standard InChI is InChI=1S/C65H39N5/c1-2-18-43(19-3-1)63-66-64(55-26-14-25-50-47-20-7-4-15-40(47)30-34-51(50)55)68-65(67-63)61-48-21-8-5-16-41(48)32-36-59(61)70-58-28-13-11-24-53(58)56-38-45-37-46(33-29-44(45)39-60(56)70)69-57-27-12-10-23-52(57)54-35-31-42-17-6-9-22-49(42)62(54)69/h1-39H. The Morgan fingerprint density at radius 2 is 0.843 bits per heavy atom. The van der Waals surface area contributed by atoms with E-state index in [0.29, 0.717) is 17.5 Å². The number of nitrogens with zero attached hydrogens (tertiary/aromatic N) is 5. The van der Waals surface area contributed by atoms with Crippen LogP contribution in [0.4, 0.5) is 0 Å². The van der Waals surface area contributed by atoms with Crippen molar-refractivity contribution in [2.45, 2.75) is 0 Å². The Balaban J connectivity index is 0.985. The molecule has 70 heavy (non-hydrogen) atoms. The molecule has 15 aromatic rings. The van der Waals surface area contributed by atoms with Crippen molar-refractivity contribution in [2.24, 2.45) is 0 Å². The van der Waals surface area contributed by atoms with Crippen molar-refractivity contribution in [3.8, 4) is 45.5 Å². The van der Waals surface area contributed by atoms with Crippen LogP contribution in [0.25, 0.3) is 143 Å². The van der Waals surface area contributed by atoms with Gasteiger partial charge in [0.1, 0.15) is 0 Å². The van der Waals surface area contributed by atoms with Crippen LogP contribution in [-0.2, 0) is 0 Å². The van der Waals surface area contributed by atoms with Gasteiger partial charge in [-0.2, -0.15) is 0 Å². The maximum Gasteiger partial charge on any atom is 0.166 e. The SMILES string of the molecule is c1ccc(-c2nc(-c3c(-n4c5ccccc5c5cc6cc(-n7c8ccccc8c8ccc9ccccc9c87)ccc6cc54)ccc4ccccc34)nc(-c3cccc4c3ccc3ccccc34)n2)cc1. The van der Waals surface area contributed by atoms with Crippen LogP contribution in [0.2, 0.25) is 0 Å². The van der Waals surface area contributed by atoms with Crippen molar-refractivity contribution in [3.63, 3.8) is 0 Å². The molecule has 0 atom stereocenters. The van der Waals surface area contributed by atoms with Gasteiger partial charge < -0.3 is 9.13 Å². The first kappa shape index (κ1) is 38.6. The summed E-state index contributed by atoms with van der Waals surface area (Å²) in [7, 11) is 0. The number of rotatable bonds is 5. The molecule has 0 fully saturated rings. The minimum Gasteiger partial charge on any atom is -0.309 e. The smallest absolute Gasteiger partial charge is 0.166 e. The number of para-hydroxylation sites is 2. The van der Waals surface area contributed by atoms with E-state index in [-0.39, 0.29) is 0 Å². The van der Waals surface area contributed by atoms with Crippen LogP contribution in [0.3, 0.4) is 0 Å². The number of fused-ring (bicyclic) bond motifs is 13. The van der Waals surface area contributed by atoms with Gasteiger partial charge in [0.05, 0.1) is 33.3 Å². The molecule has 0 aliphatic carbocycles. The quantitative estimate of drug-likeness (QED) is 0.162. The minimum atomic E-state index is 0.614. The monoisotopic (exact) mass is 889 g/mol. The van der Waals surface area contributed by atoms with Gasteiger partial charge in [0.2, 0.25) is 0 Å². The van der Waals surface area contributed by atoms with Crippen LogP contribution in [0.1, 0.15) is 0 Å². The van der Waals surface area contributed by atoms with E-state index in [9.17, 15) is 0 Å². The summed E-state index contributed by atoms with van der Waals surface area (Å²) < 4.78 is 4.88. The highest BCUT2D eigenvalue weighted by Crippen LogP contribution is 2.43. The molecule has 0 bridgehead atoms. The predicted octanol–water partition coefficient (Wildman–Crippen LogP) is 16.8. The average molecular weight is 890 g/mol. The molecule has 5 heteroatoms. The van der Waals surface area contributed by atoms with Crippen molar-refractivity contribution in [2.75, 3.05) is 0 Å². The minimum absolute atomic E-state index is 0.614. The second-order valence-corrected chi connectivity index (χ2v) is 18.3. The molecule has 0 saturated heterocycles. The largest absolute Gasteiger partial charge is 0.309 e. The number of hydrogen-bond acceptors (Lipinski definition) is 3. The molecule has 0 N–H and O–H groups in total. The van der Waals surface area contributed by atoms with Gasteiger partial charge in [-0.3, -0.25) is 0 Å². The van der Waals surface area contributed by atoms with E-state index in [1.807, 2.05) is 18.2 Å². The summed E-state index contributed by atoms with van der Waals surface area (Å²) in [5.74, 6) is 1.87. The summed E-state index contributed by atoms with van der Waals surface area (Å²) in [6.07, 6.45) is 0. The Kier molecular flexibility index (Phi) is 8.29. The Morgan fingerprint density at radius 1 is 0.271 bits per heavy atom. The molecule has 0 aliphatic rings. The molecule has 15 rings (SSSR count). The fraction of sp³-hybridized carbons (Fsp3) is 0. The third-order valence-electron chi connectivity index (χ3n) is 14.5. The van der Waals surface area contributed by atoms with E-state index in [4.69, 9.17) is 15.0 Å². The van der Waals surface area contributed by atoms with Crippen LogP contribution >= 0.6 is 0 Å². The van der Waals surface area contributed by atoms with Crippen molar-refractivity contribution >= 4 is 97.5 Å². The van der Waals surface area contributed by atoms with Gasteiger partial charge in [0.25, 0.3) is 0 Å². The fourth-order valence-corrected chi connectivity index (χ4v) is 11.3. The van der Waals surface area contributed by atoms with Crippen molar-refractivity contribution in [1.82, 2.24) is 24.1 Å². The predicted molar refractivity (Wildman–Crippen MR) is 292 cm³/mol. The van der Waals surface area contributed by atoms with E-state index in [1.54, 1.807) is 0 Å². The van der Waals surface area contributed by atoms with Crippen molar-refractivity contribution < 1.29 is 0 Å². The first-order valence-corrected chi connectivity index (χ1v) is 23.8. The summed E-state index contributed by atoms with van der Waals surface area (Å²) in [5.41, 5.74) is 9.61. The third-order valence-corrected chi connectivity index (χ3v) is 14.5. The maximum absolute atomic E-state index is 5.52. The maximum atomic E-state index is 5.52. The number of benzene rings is 12. The molecule has 0 amide bonds. The van der Waals surface area contributed by atoms with Gasteiger partial charge in [-0.25, -0.2) is 15.0 Å². The molecule has 324 valence electrons. The summed E-state index contributed by atoms with van der Waals surface area (Å²) in [6.45, 7) is 0. The van der Waals surface area contributed by atoms with Crippen molar-refractivity contribution in [3.05, 3.63) is 237 Å². The Morgan fingerprint density at radius 3 is 1.64 bits per heavy atom. The van der Waals surface area contributed by atoms with Crippen LogP contribution < -0.4 is 0 Å². The summed E-state index contributed by atoms with van der Waals surface area (Å²) in [5, 5.41) is 16.5. The zero-order chi connectivity index (χ0) is 45.9. The zero-order valence-electron chi connectivity index (χ0n) is 37.8. The molecule has 12 aromatic carbocycles. The van der Waals surface area contributed by atoms with E-state index in [1.165, 1.54) is 59.5 Å². The molecule has 0 unspecified atom stereocenters. The summed E-state index contributed by atoms with van der Waals surface area (Å²) >= 11 is 0. The lowest BCUT2D eigenvalue weighted by atomic mass is 9.98. The highest BCUT2D eigenvalue weighted by molar-refractivity contribution is 6.20. The average Bonchev–Trinajstić information content (AvgIpc) is 3.94. The Labute approximate surface area is 401 Å². The summed E-state index contributed by atoms with van der Waals surface area (Å²) in [4.78, 5) is 16.2. The fourth-order valence-electron chi connectivity index (χ4n) is 11.3. The lowest BCUT2D eigenvalue weighted by Gasteiger charge is -2.17. The van der Waals surface area contributed by atoms with E-state index in [0.717, 1.165) is 66.0 Å². The highest BCUT2D eigenvalue weighted by atomic mass is 15.1. The third kappa shape index (κ3) is 5.76. The molecule has 0 saturated carbocycles. The van der Waals surface area contributed by atoms with Crippen LogP contribution in [0, 0.1) is 0 Å². The van der Waals surface area contributed by atoms with Crippen LogP contribution in [0.5, 0.6) is 0 Å². The first-order valence-electron chi connectivity index (χ1n) is 23.8. The molecule has 0 spiro atoms. The van der Waals surface area contributed by atoms with E-state index < -0.39 is 0 Å². The lowest BCUT2D eigenvalue weighted by molar-refractivity contribution is 1.07. The topological polar surface area (TPSA) is 48.5 Å². The Bertz CT molecular complexity index is 4660. The second-order valence-electron chi connectivity index (χ2n) is 18.3. The van der Waals surface area contributed by atoms with Crippen molar-refractivity contribution in [1.29, 1.82) is 0 Å². The van der Waals surface area contributed by atoms with Gasteiger partial charge in [-0.1, -0.05) is 194 Å². The van der Waals surface area contributed by atoms with Crippen LogP contribution in [0.15, 0.2) is 237 Å². The zero-order valence-corrected chi connectivity index (χ0v) is 37.8. The second kappa shape index (κ2) is 15.0. The number of hydrogen-bond donors (Lipinski definition) is 0. The molecule has 5 nitrogen and oxygen atoms in total. The van der Waals surface area contributed by atoms with Gasteiger partial charge in [0.15, 0.2) is 17.5 Å². The Hall–Kier alpha value is -9.45. The molecule has 0 radical (unpaired) electrons. The summed E-state index contributed by atoms with van der Waals surface area (Å²) in [6, 6.07) is 85.3. The van der Waals surface area contributed by atoms with Gasteiger partial charge in [0, 0.05) is 43.7 Å². The highest BCUT2D eigenvalue weighted by Gasteiger charge is 2.23. The van der Waals surface area contributed by atoms with Gasteiger partial charge in [-0.15, -0.1) is 0 Å². The number of aromatic nitrogens is 5. The van der Waals surface area contributed by atoms with Crippen LogP contribution in [-0.4, -0.2) is 24.1 Å². The van der Waals surface area contributed by atoms with E-state index >= 15 is 0 Å².